The first kappa shape index (κ1) is 35.1. The molecule has 1 fully saturated rings. The topological polar surface area (TPSA) is 210 Å². The van der Waals surface area contributed by atoms with Crippen LogP contribution in [0.4, 0.5) is 5.69 Å². The van der Waals surface area contributed by atoms with Crippen molar-refractivity contribution < 1.29 is 33.0 Å². The van der Waals surface area contributed by atoms with E-state index in [-0.39, 0.29) is 46.7 Å². The number of hydrogen-bond donors (Lipinski definition) is 7. The summed E-state index contributed by atoms with van der Waals surface area (Å²) in [6.45, 7) is 5.77. The van der Waals surface area contributed by atoms with Crippen LogP contribution < -0.4 is 25.8 Å². The van der Waals surface area contributed by atoms with Gasteiger partial charge >= 0.3 is 5.97 Å². The number of fused-ring (bicyclic) bond motifs is 1. The van der Waals surface area contributed by atoms with Crippen molar-refractivity contribution in [2.75, 3.05) is 57.2 Å². The smallest absolute Gasteiger partial charge is 0.326 e. The summed E-state index contributed by atoms with van der Waals surface area (Å²) in [6, 6.07) is 11.8. The second-order valence-corrected chi connectivity index (χ2v) is 14.3. The number of thiophene rings is 1. The standard InChI is InChI=1S/C32H41N7O7S2/c33-32(34)35-8-2-5-26(31(42)43)36-30(41)29-25(7-16-47-29)37-48(44,45)27-19-24(18-23-6-15-46-28(23)27)22-4-1-3-21(17-22)20-39-11-9-38(10-12-39)13-14-40/h1,3-4,7,16-19,26,37,40H,2,5-6,8-15,20H2,(H,36,41)(H,42,43)(H4,33,34,35)/t26-/m0/s1. The maximum absolute atomic E-state index is 13.9. The molecule has 0 aliphatic carbocycles. The summed E-state index contributed by atoms with van der Waals surface area (Å²) in [6.07, 6.45) is 0.953. The average molecular weight is 700 g/mol. The van der Waals surface area contributed by atoms with Gasteiger partial charge in [0.25, 0.3) is 15.9 Å². The molecular weight excluding hydrogens is 659 g/mol. The number of nitrogens with zero attached hydrogens (tertiary/aromatic N) is 2. The van der Waals surface area contributed by atoms with Crippen LogP contribution in [-0.4, -0.2) is 105 Å². The summed E-state index contributed by atoms with van der Waals surface area (Å²) >= 11 is 0.985. The van der Waals surface area contributed by atoms with Crippen LogP contribution in [0.3, 0.4) is 0 Å². The molecule has 3 heterocycles. The lowest BCUT2D eigenvalue weighted by atomic mass is 10.00. The monoisotopic (exact) mass is 699 g/mol. The van der Waals surface area contributed by atoms with E-state index >= 15 is 0 Å². The molecule has 2 aliphatic rings. The summed E-state index contributed by atoms with van der Waals surface area (Å²) in [7, 11) is -4.24. The van der Waals surface area contributed by atoms with Crippen molar-refractivity contribution in [3.05, 3.63) is 63.8 Å². The van der Waals surface area contributed by atoms with Crippen molar-refractivity contribution in [3.8, 4) is 16.9 Å². The number of rotatable bonds is 15. The number of nitrogens with one attached hydrogen (secondary N) is 4. The van der Waals surface area contributed by atoms with Gasteiger partial charge in [0.1, 0.15) is 21.6 Å². The highest BCUT2D eigenvalue weighted by molar-refractivity contribution is 7.92. The maximum Gasteiger partial charge on any atom is 0.326 e. The lowest BCUT2D eigenvalue weighted by Gasteiger charge is -2.34. The summed E-state index contributed by atoms with van der Waals surface area (Å²) in [5.41, 5.74) is 8.74. The molecule has 5 rings (SSSR count). The number of carboxylic acids is 1. The van der Waals surface area contributed by atoms with E-state index in [0.717, 1.165) is 66.3 Å². The molecule has 1 saturated heterocycles. The van der Waals surface area contributed by atoms with Crippen molar-refractivity contribution in [2.24, 2.45) is 5.73 Å². The molecule has 16 heteroatoms. The van der Waals surface area contributed by atoms with Gasteiger partial charge in [-0.3, -0.25) is 24.7 Å². The Kier molecular flexibility index (Phi) is 11.5. The number of sulfonamides is 1. The van der Waals surface area contributed by atoms with E-state index in [1.165, 1.54) is 6.07 Å². The Bertz CT molecular complexity index is 1740. The highest BCUT2D eigenvalue weighted by atomic mass is 32.2. The largest absolute Gasteiger partial charge is 0.492 e. The third-order valence-corrected chi connectivity index (χ3v) is 10.6. The quantitative estimate of drug-likeness (QED) is 0.0690. The zero-order valence-corrected chi connectivity index (χ0v) is 28.0. The van der Waals surface area contributed by atoms with Crippen molar-refractivity contribution >= 4 is 44.9 Å². The summed E-state index contributed by atoms with van der Waals surface area (Å²) < 4.78 is 36.1. The number of aliphatic carboxylic acids is 1. The Balaban J connectivity index is 1.33. The van der Waals surface area contributed by atoms with Crippen LogP contribution in [0.5, 0.6) is 5.75 Å². The molecule has 0 spiro atoms. The molecule has 2 aromatic carbocycles. The van der Waals surface area contributed by atoms with E-state index in [2.05, 4.69) is 37.3 Å². The van der Waals surface area contributed by atoms with Gasteiger partial charge in [-0.05, 0) is 64.7 Å². The van der Waals surface area contributed by atoms with E-state index in [1.54, 1.807) is 11.4 Å². The van der Waals surface area contributed by atoms with Gasteiger partial charge in [-0.2, -0.15) is 0 Å². The number of carbonyl (C=O) groups excluding carboxylic acids is 1. The summed E-state index contributed by atoms with van der Waals surface area (Å²) in [5, 5.41) is 32.7. The van der Waals surface area contributed by atoms with Crippen LogP contribution in [0.25, 0.3) is 11.1 Å². The van der Waals surface area contributed by atoms with Crippen molar-refractivity contribution in [1.82, 2.24) is 20.4 Å². The number of aliphatic hydroxyl groups is 1. The van der Waals surface area contributed by atoms with Crippen LogP contribution >= 0.6 is 11.3 Å². The highest BCUT2D eigenvalue weighted by Gasteiger charge is 2.30. The van der Waals surface area contributed by atoms with E-state index in [4.69, 9.17) is 15.9 Å². The molecule has 2 aliphatic heterocycles. The minimum atomic E-state index is -4.24. The number of guanidine groups is 1. The molecule has 1 aromatic heterocycles. The minimum Gasteiger partial charge on any atom is -0.492 e. The first-order valence-electron chi connectivity index (χ1n) is 15.7. The number of β-amino-alcohol motifs (C(OH)–C–C–N with tert-alkyl or cyclic N) is 1. The second-order valence-electron chi connectivity index (χ2n) is 11.7. The number of carboxylic acid groups (broad SMARTS) is 1. The zero-order chi connectivity index (χ0) is 34.3. The Hall–Kier alpha value is -4.22. The maximum atomic E-state index is 13.9. The molecule has 14 nitrogen and oxygen atoms in total. The molecule has 0 unspecified atom stereocenters. The molecule has 48 heavy (non-hydrogen) atoms. The summed E-state index contributed by atoms with van der Waals surface area (Å²) in [4.78, 5) is 29.5. The van der Waals surface area contributed by atoms with E-state index < -0.39 is 27.9 Å². The fourth-order valence-corrected chi connectivity index (χ4v) is 7.94. The average Bonchev–Trinajstić information content (AvgIpc) is 3.72. The molecule has 258 valence electrons. The Morgan fingerprint density at radius 1 is 1.08 bits per heavy atom. The van der Waals surface area contributed by atoms with Gasteiger partial charge in [0.05, 0.1) is 18.9 Å². The Morgan fingerprint density at radius 2 is 1.85 bits per heavy atom. The Labute approximate surface area is 283 Å². The molecule has 0 radical (unpaired) electrons. The van der Waals surface area contributed by atoms with Crippen molar-refractivity contribution in [1.29, 1.82) is 5.41 Å². The van der Waals surface area contributed by atoms with Crippen molar-refractivity contribution in [2.45, 2.75) is 36.7 Å². The fraction of sp³-hybridized carbons (Fsp3) is 0.406. The Morgan fingerprint density at radius 3 is 2.58 bits per heavy atom. The molecule has 1 amide bonds. The number of benzene rings is 2. The third-order valence-electron chi connectivity index (χ3n) is 8.29. The molecule has 0 saturated carbocycles. The number of carbonyl (C=O) groups is 2. The van der Waals surface area contributed by atoms with Crippen LogP contribution in [0, 0.1) is 5.41 Å². The zero-order valence-electron chi connectivity index (χ0n) is 26.4. The van der Waals surface area contributed by atoms with Gasteiger partial charge in [-0.15, -0.1) is 11.3 Å². The van der Waals surface area contributed by atoms with E-state index in [1.807, 2.05) is 18.2 Å². The van der Waals surface area contributed by atoms with Crippen LogP contribution in [0.2, 0.25) is 0 Å². The van der Waals surface area contributed by atoms with Crippen molar-refractivity contribution in [3.63, 3.8) is 0 Å². The fourth-order valence-electron chi connectivity index (χ4n) is 5.83. The normalized spacial score (nSPS) is 15.7. The first-order valence-corrected chi connectivity index (χ1v) is 18.1. The van der Waals surface area contributed by atoms with Crippen LogP contribution in [0.1, 0.15) is 33.6 Å². The third kappa shape index (κ3) is 8.82. The number of amides is 1. The highest BCUT2D eigenvalue weighted by Crippen LogP contribution is 2.39. The predicted molar refractivity (Wildman–Crippen MR) is 183 cm³/mol. The van der Waals surface area contributed by atoms with Gasteiger partial charge < -0.3 is 31.3 Å². The van der Waals surface area contributed by atoms with E-state index in [0.29, 0.717) is 26.0 Å². The van der Waals surface area contributed by atoms with Gasteiger partial charge in [0.2, 0.25) is 0 Å². The van der Waals surface area contributed by atoms with E-state index in [9.17, 15) is 28.2 Å². The predicted octanol–water partition coefficient (Wildman–Crippen LogP) is 1.71. The van der Waals surface area contributed by atoms with Gasteiger partial charge in [-0.1, -0.05) is 18.2 Å². The van der Waals surface area contributed by atoms with Gasteiger partial charge in [0, 0.05) is 52.2 Å². The lowest BCUT2D eigenvalue weighted by Crippen LogP contribution is -2.46. The first-order chi connectivity index (χ1) is 23.0. The SMILES string of the molecule is N=C(N)NCCC[C@H](NC(=O)c1sccc1NS(=O)(=O)c1cc(-c2cccc(CN3CCN(CCO)CC3)c2)cc2c1OCC2)C(=O)O. The number of aliphatic hydroxyl groups excluding tert-OH is 1. The molecular formula is C32H41N7O7S2. The van der Waals surface area contributed by atoms with Crippen LogP contribution in [0.15, 0.2) is 52.7 Å². The second kappa shape index (κ2) is 15.8. The summed E-state index contributed by atoms with van der Waals surface area (Å²) in [5.74, 6) is -1.93. The number of hydrogen-bond acceptors (Lipinski definition) is 10. The molecule has 1 atom stereocenters. The van der Waals surface area contributed by atoms with Crippen LogP contribution in [-0.2, 0) is 27.8 Å². The number of ether oxygens (including phenoxy) is 1. The molecule has 3 aromatic rings. The number of nitrogens with two attached hydrogens (primary N) is 1. The molecule has 0 bridgehead atoms. The molecule has 8 N–H and O–H groups in total. The van der Waals surface area contributed by atoms with Gasteiger partial charge in [-0.25, -0.2) is 13.2 Å². The lowest BCUT2D eigenvalue weighted by molar-refractivity contribution is -0.139. The van der Waals surface area contributed by atoms with Gasteiger partial charge in [0.15, 0.2) is 5.96 Å². The minimum absolute atomic E-state index is 0.0188. The number of piperazine rings is 1. The number of anilines is 1.